The molecule has 0 bridgehead atoms. The summed E-state index contributed by atoms with van der Waals surface area (Å²) in [4.78, 5) is 15.0. The summed E-state index contributed by atoms with van der Waals surface area (Å²) in [6, 6.07) is 9.19. The van der Waals surface area contributed by atoms with Crippen LogP contribution in [0.15, 0.2) is 24.3 Å². The largest absolute Gasteiger partial charge is 0.332 e. The lowest BCUT2D eigenvalue weighted by molar-refractivity contribution is -0.138. The van der Waals surface area contributed by atoms with E-state index < -0.39 is 0 Å². The first kappa shape index (κ1) is 13.6. The molecule has 2 aliphatic rings. The number of fused-ring (bicyclic) bond motifs is 1. The lowest BCUT2D eigenvalue weighted by atomic mass is 9.99. The first-order valence-corrected chi connectivity index (χ1v) is 7.75. The first-order chi connectivity index (χ1) is 9.59. The molecule has 1 fully saturated rings. The van der Waals surface area contributed by atoms with Crippen LogP contribution in [0, 0.1) is 5.92 Å². The van der Waals surface area contributed by atoms with Gasteiger partial charge in [-0.15, -0.1) is 0 Å². The van der Waals surface area contributed by atoms with Gasteiger partial charge in [0.1, 0.15) is 0 Å². The zero-order valence-electron chi connectivity index (χ0n) is 12.4. The van der Waals surface area contributed by atoms with Gasteiger partial charge in [0.25, 0.3) is 0 Å². The summed E-state index contributed by atoms with van der Waals surface area (Å²) in [7, 11) is 0. The summed E-state index contributed by atoms with van der Waals surface area (Å²) in [6.07, 6.45) is 4.45. The lowest BCUT2D eigenvalue weighted by Crippen LogP contribution is -2.44. The van der Waals surface area contributed by atoms with Gasteiger partial charge in [-0.05, 0) is 43.7 Å². The summed E-state index contributed by atoms with van der Waals surface area (Å²) < 4.78 is 0. The van der Waals surface area contributed by atoms with E-state index in [0.717, 1.165) is 25.7 Å². The molecule has 0 aromatic heterocycles. The minimum absolute atomic E-state index is 0.0830. The predicted molar refractivity (Wildman–Crippen MR) is 80.2 cm³/mol. The van der Waals surface area contributed by atoms with Crippen LogP contribution in [0.1, 0.15) is 50.3 Å². The fourth-order valence-electron chi connectivity index (χ4n) is 3.22. The van der Waals surface area contributed by atoms with Crippen molar-refractivity contribution in [1.82, 2.24) is 4.90 Å². The van der Waals surface area contributed by atoms with Gasteiger partial charge in [-0.25, -0.2) is 0 Å². The Balaban J connectivity index is 1.87. The molecular formula is C17H24N2O. The van der Waals surface area contributed by atoms with Crippen molar-refractivity contribution in [3.63, 3.8) is 0 Å². The zero-order chi connectivity index (χ0) is 14.3. The maximum Gasteiger partial charge on any atom is 0.227 e. The van der Waals surface area contributed by atoms with Gasteiger partial charge in [0, 0.05) is 12.1 Å². The van der Waals surface area contributed by atoms with Crippen molar-refractivity contribution in [2.24, 2.45) is 11.7 Å². The Labute approximate surface area is 121 Å². The van der Waals surface area contributed by atoms with E-state index in [4.69, 9.17) is 5.73 Å². The molecule has 3 atom stereocenters. The van der Waals surface area contributed by atoms with Gasteiger partial charge in [-0.3, -0.25) is 4.79 Å². The highest BCUT2D eigenvalue weighted by molar-refractivity contribution is 5.80. The van der Waals surface area contributed by atoms with Crippen molar-refractivity contribution >= 4 is 5.91 Å². The van der Waals surface area contributed by atoms with Crippen molar-refractivity contribution in [1.29, 1.82) is 0 Å². The van der Waals surface area contributed by atoms with Crippen LogP contribution in [0.2, 0.25) is 0 Å². The molecule has 3 rings (SSSR count). The molecule has 0 radical (unpaired) electrons. The quantitative estimate of drug-likeness (QED) is 0.916. The van der Waals surface area contributed by atoms with Crippen molar-refractivity contribution < 1.29 is 4.79 Å². The summed E-state index contributed by atoms with van der Waals surface area (Å²) in [5.41, 5.74) is 8.70. The Morgan fingerprint density at radius 1 is 1.25 bits per heavy atom. The van der Waals surface area contributed by atoms with E-state index >= 15 is 0 Å². The normalized spacial score (nSPS) is 24.1. The minimum atomic E-state index is -0.0941. The molecule has 0 heterocycles. The van der Waals surface area contributed by atoms with Crippen LogP contribution >= 0.6 is 0 Å². The maximum atomic E-state index is 12.8. The predicted octanol–water partition coefficient (Wildman–Crippen LogP) is 2.65. The van der Waals surface area contributed by atoms with Crippen LogP contribution in [0.25, 0.3) is 0 Å². The molecule has 3 heteroatoms. The van der Waals surface area contributed by atoms with Crippen LogP contribution in [0.5, 0.6) is 0 Å². The zero-order valence-corrected chi connectivity index (χ0v) is 12.4. The third-order valence-electron chi connectivity index (χ3n) is 4.81. The van der Waals surface area contributed by atoms with E-state index in [1.54, 1.807) is 0 Å². The molecule has 20 heavy (non-hydrogen) atoms. The first-order valence-electron chi connectivity index (χ1n) is 7.75. The van der Waals surface area contributed by atoms with Gasteiger partial charge < -0.3 is 10.6 Å². The molecule has 1 saturated carbocycles. The summed E-state index contributed by atoms with van der Waals surface area (Å²) in [5.74, 6) is 0.146. The Hall–Kier alpha value is -1.35. The topological polar surface area (TPSA) is 46.3 Å². The van der Waals surface area contributed by atoms with Crippen LogP contribution < -0.4 is 5.73 Å². The molecular weight excluding hydrogens is 248 g/mol. The summed E-state index contributed by atoms with van der Waals surface area (Å²) in [6.45, 7) is 3.89. The third kappa shape index (κ3) is 2.35. The molecule has 2 N–H and O–H groups in total. The number of benzene rings is 1. The highest BCUT2D eigenvalue weighted by Gasteiger charge is 2.41. The highest BCUT2D eigenvalue weighted by Crippen LogP contribution is 2.42. The van der Waals surface area contributed by atoms with Crippen molar-refractivity contribution in [3.05, 3.63) is 35.4 Å². The number of carbonyl (C=O) groups excluding carboxylic acids is 1. The number of hydrogen-bond acceptors (Lipinski definition) is 2. The van der Waals surface area contributed by atoms with Crippen LogP contribution in [0.4, 0.5) is 0 Å². The molecule has 0 aliphatic heterocycles. The number of nitrogens with zero attached hydrogens (tertiary/aromatic N) is 1. The van der Waals surface area contributed by atoms with E-state index in [1.807, 2.05) is 13.8 Å². The van der Waals surface area contributed by atoms with Crippen molar-refractivity contribution in [2.75, 3.05) is 0 Å². The molecule has 3 nitrogen and oxygen atoms in total. The van der Waals surface area contributed by atoms with Gasteiger partial charge in [0.2, 0.25) is 5.91 Å². The van der Waals surface area contributed by atoms with Gasteiger partial charge in [0.15, 0.2) is 0 Å². The van der Waals surface area contributed by atoms with Crippen molar-refractivity contribution in [3.8, 4) is 0 Å². The number of amides is 1. The smallest absolute Gasteiger partial charge is 0.227 e. The number of carbonyl (C=O) groups is 1. The fourth-order valence-corrected chi connectivity index (χ4v) is 3.22. The Morgan fingerprint density at radius 3 is 2.60 bits per heavy atom. The minimum Gasteiger partial charge on any atom is -0.332 e. The molecule has 0 saturated heterocycles. The van der Waals surface area contributed by atoms with Gasteiger partial charge in [-0.2, -0.15) is 0 Å². The SMILES string of the molecule is CC(N)C(C)C(=O)N(C1CC1)C1CCc2ccccc21. The second kappa shape index (κ2) is 5.21. The van der Waals surface area contributed by atoms with E-state index in [9.17, 15) is 4.79 Å². The molecule has 0 spiro atoms. The van der Waals surface area contributed by atoms with Gasteiger partial charge in [-0.1, -0.05) is 31.2 Å². The average Bonchev–Trinajstić information content (AvgIpc) is 3.18. The van der Waals surface area contributed by atoms with E-state index in [2.05, 4.69) is 29.2 Å². The Bertz CT molecular complexity index is 507. The highest BCUT2D eigenvalue weighted by atomic mass is 16.2. The van der Waals surface area contributed by atoms with Gasteiger partial charge in [0.05, 0.1) is 12.0 Å². The number of aryl methyl sites for hydroxylation is 1. The molecule has 1 amide bonds. The Kier molecular flexibility index (Phi) is 3.55. The van der Waals surface area contributed by atoms with Crippen LogP contribution in [0.3, 0.4) is 0 Å². The summed E-state index contributed by atoms with van der Waals surface area (Å²) in [5, 5.41) is 0. The molecule has 108 valence electrons. The number of nitrogens with two attached hydrogens (primary N) is 1. The van der Waals surface area contributed by atoms with Crippen LogP contribution in [-0.2, 0) is 11.2 Å². The number of rotatable bonds is 4. The van der Waals surface area contributed by atoms with E-state index in [-0.39, 0.29) is 23.9 Å². The maximum absolute atomic E-state index is 12.8. The Morgan fingerprint density at radius 2 is 1.95 bits per heavy atom. The van der Waals surface area contributed by atoms with Crippen LogP contribution in [-0.4, -0.2) is 22.9 Å². The third-order valence-corrected chi connectivity index (χ3v) is 4.81. The molecule has 1 aromatic rings. The van der Waals surface area contributed by atoms with Gasteiger partial charge >= 0.3 is 0 Å². The fraction of sp³-hybridized carbons (Fsp3) is 0.588. The molecule has 3 unspecified atom stereocenters. The second-order valence-corrected chi connectivity index (χ2v) is 6.38. The second-order valence-electron chi connectivity index (χ2n) is 6.38. The monoisotopic (exact) mass is 272 g/mol. The van der Waals surface area contributed by atoms with E-state index in [1.165, 1.54) is 11.1 Å². The molecule has 2 aliphatic carbocycles. The van der Waals surface area contributed by atoms with E-state index in [0.29, 0.717) is 6.04 Å². The van der Waals surface area contributed by atoms with Crippen molar-refractivity contribution in [2.45, 2.75) is 57.7 Å². The summed E-state index contributed by atoms with van der Waals surface area (Å²) >= 11 is 0. The lowest BCUT2D eigenvalue weighted by Gasteiger charge is -2.33. The standard InChI is InChI=1S/C17H24N2O/c1-11(12(2)18)17(20)19(14-8-9-14)16-10-7-13-5-3-4-6-15(13)16/h3-6,11-12,14,16H,7-10,18H2,1-2H3. The molecule has 1 aromatic carbocycles. The number of hydrogen-bond donors (Lipinski definition) is 1. The average molecular weight is 272 g/mol.